The van der Waals surface area contributed by atoms with Crippen molar-refractivity contribution in [2.24, 2.45) is 10.9 Å². The zero-order valence-electron chi connectivity index (χ0n) is 19.9. The van der Waals surface area contributed by atoms with Crippen LogP contribution in [0.5, 0.6) is 0 Å². The maximum absolute atomic E-state index is 14.7. The van der Waals surface area contributed by atoms with Gasteiger partial charge in [-0.1, -0.05) is 37.3 Å². The van der Waals surface area contributed by atoms with Gasteiger partial charge in [-0.05, 0) is 52.9 Å². The summed E-state index contributed by atoms with van der Waals surface area (Å²) in [5, 5.41) is 7.60. The Bertz CT molecular complexity index is 1760. The lowest BCUT2D eigenvalue weighted by atomic mass is 9.96. The predicted molar refractivity (Wildman–Crippen MR) is 140 cm³/mol. The molecule has 0 aliphatic carbocycles. The SMILES string of the molecule is CC1C=c2c(-c3cncc(-c4ccc(-c5cn[nH]c5N)cc4)c3)cc(-c3cc(F)ccc3F)nc2=NC1. The van der Waals surface area contributed by atoms with Crippen LogP contribution in [0.25, 0.3) is 50.7 Å². The van der Waals surface area contributed by atoms with Gasteiger partial charge in [0.25, 0.3) is 0 Å². The molecule has 3 aromatic heterocycles. The quantitative estimate of drug-likeness (QED) is 0.378. The molecular weight excluding hydrogens is 470 g/mol. The van der Waals surface area contributed by atoms with Gasteiger partial charge in [0.2, 0.25) is 0 Å². The van der Waals surface area contributed by atoms with Crippen LogP contribution in [0.1, 0.15) is 6.92 Å². The normalized spacial score (nSPS) is 14.5. The summed E-state index contributed by atoms with van der Waals surface area (Å²) >= 11 is 0. The van der Waals surface area contributed by atoms with E-state index in [0.29, 0.717) is 23.5 Å². The third kappa shape index (κ3) is 4.27. The Kier molecular flexibility index (Phi) is 5.56. The Balaban J connectivity index is 1.48. The Morgan fingerprint density at radius 3 is 2.41 bits per heavy atom. The molecule has 5 aromatic rings. The van der Waals surface area contributed by atoms with E-state index in [2.05, 4.69) is 38.2 Å². The van der Waals surface area contributed by atoms with Crippen LogP contribution in [0.4, 0.5) is 14.6 Å². The summed E-state index contributed by atoms with van der Waals surface area (Å²) in [6, 6.07) is 15.1. The molecule has 0 bridgehead atoms. The van der Waals surface area contributed by atoms with Gasteiger partial charge in [0, 0.05) is 46.4 Å². The second kappa shape index (κ2) is 9.05. The summed E-state index contributed by atoms with van der Waals surface area (Å²) in [6.07, 6.45) is 7.37. The lowest BCUT2D eigenvalue weighted by molar-refractivity contribution is 0.602. The van der Waals surface area contributed by atoms with Crippen molar-refractivity contribution in [1.29, 1.82) is 0 Å². The minimum Gasteiger partial charge on any atom is -0.384 e. The number of H-pyrrole nitrogens is 1. The standard InChI is InChI=1S/C29H22F2N6/c1-16-8-23-22(11-27(36-29(23)34-12-16)24-10-21(30)6-7-26(24)31)20-9-19(13-33-14-20)17-2-4-18(5-3-17)25-15-35-37-28(25)32/h2-11,13-16H,12H2,1H3,(H3,32,35,37). The van der Waals surface area contributed by atoms with E-state index < -0.39 is 11.6 Å². The van der Waals surface area contributed by atoms with Crippen molar-refractivity contribution >= 4 is 11.9 Å². The molecule has 0 radical (unpaired) electrons. The molecule has 6 nitrogen and oxygen atoms in total. The van der Waals surface area contributed by atoms with Crippen molar-refractivity contribution in [2.75, 3.05) is 12.3 Å². The second-order valence-electron chi connectivity index (χ2n) is 9.14. The Hall–Kier alpha value is -4.72. The van der Waals surface area contributed by atoms with Gasteiger partial charge in [0.1, 0.15) is 17.5 Å². The van der Waals surface area contributed by atoms with Crippen molar-refractivity contribution in [3.63, 3.8) is 0 Å². The number of anilines is 1. The number of hydrogen-bond acceptors (Lipinski definition) is 5. The number of nitrogens with two attached hydrogens (primary N) is 1. The van der Waals surface area contributed by atoms with Gasteiger partial charge in [-0.15, -0.1) is 0 Å². The number of hydrogen-bond donors (Lipinski definition) is 2. The predicted octanol–water partition coefficient (Wildman–Crippen LogP) is 4.78. The van der Waals surface area contributed by atoms with Gasteiger partial charge >= 0.3 is 0 Å². The minimum absolute atomic E-state index is 0.0936. The van der Waals surface area contributed by atoms with Crippen molar-refractivity contribution < 1.29 is 8.78 Å². The zero-order valence-corrected chi connectivity index (χ0v) is 19.9. The molecule has 1 aliphatic heterocycles. The average Bonchev–Trinajstić information content (AvgIpc) is 3.35. The van der Waals surface area contributed by atoms with E-state index in [1.165, 1.54) is 0 Å². The summed E-state index contributed by atoms with van der Waals surface area (Å²) in [4.78, 5) is 13.7. The fourth-order valence-electron chi connectivity index (χ4n) is 4.58. The number of aromatic amines is 1. The van der Waals surface area contributed by atoms with E-state index in [0.717, 1.165) is 56.8 Å². The molecule has 0 saturated carbocycles. The van der Waals surface area contributed by atoms with Crippen molar-refractivity contribution in [3.05, 3.63) is 95.5 Å². The molecule has 1 atom stereocenters. The lowest BCUT2D eigenvalue weighted by Crippen LogP contribution is -2.35. The van der Waals surface area contributed by atoms with Crippen LogP contribution in [0.3, 0.4) is 0 Å². The van der Waals surface area contributed by atoms with E-state index in [9.17, 15) is 8.78 Å². The average molecular weight is 493 g/mol. The highest BCUT2D eigenvalue weighted by molar-refractivity contribution is 5.78. The summed E-state index contributed by atoms with van der Waals surface area (Å²) in [5.41, 5.74) is 12.2. The molecule has 4 heterocycles. The first-order valence-corrected chi connectivity index (χ1v) is 11.8. The molecule has 182 valence electrons. The number of benzene rings is 2. The largest absolute Gasteiger partial charge is 0.384 e. The number of aromatic nitrogens is 4. The number of halogens is 2. The molecule has 0 saturated heterocycles. The molecule has 1 unspecified atom stereocenters. The Morgan fingerprint density at radius 2 is 1.62 bits per heavy atom. The van der Waals surface area contributed by atoms with Gasteiger partial charge in [-0.2, -0.15) is 5.10 Å². The smallest absolute Gasteiger partial charge is 0.155 e. The summed E-state index contributed by atoms with van der Waals surface area (Å²) < 4.78 is 28.6. The number of nitrogens with one attached hydrogen (secondary N) is 1. The molecule has 6 rings (SSSR count). The van der Waals surface area contributed by atoms with Gasteiger partial charge < -0.3 is 5.73 Å². The third-order valence-corrected chi connectivity index (χ3v) is 6.47. The highest BCUT2D eigenvalue weighted by Gasteiger charge is 2.16. The Morgan fingerprint density at radius 1 is 0.838 bits per heavy atom. The van der Waals surface area contributed by atoms with Crippen LogP contribution in [-0.4, -0.2) is 26.7 Å². The minimum atomic E-state index is -0.543. The number of pyridine rings is 2. The first kappa shape index (κ1) is 22.7. The van der Waals surface area contributed by atoms with E-state index in [1.54, 1.807) is 24.7 Å². The van der Waals surface area contributed by atoms with E-state index in [4.69, 9.17) is 5.73 Å². The summed E-state index contributed by atoms with van der Waals surface area (Å²) in [6.45, 7) is 2.67. The van der Waals surface area contributed by atoms with Crippen molar-refractivity contribution in [1.82, 2.24) is 20.2 Å². The molecule has 2 aromatic carbocycles. The van der Waals surface area contributed by atoms with E-state index in [-0.39, 0.29) is 11.5 Å². The number of rotatable bonds is 4. The first-order chi connectivity index (χ1) is 18.0. The fraction of sp³-hybridized carbons (Fsp3) is 0.103. The van der Waals surface area contributed by atoms with Gasteiger partial charge in [-0.25, -0.2) is 13.8 Å². The summed E-state index contributed by atoms with van der Waals surface area (Å²) in [7, 11) is 0. The van der Waals surface area contributed by atoms with Crippen LogP contribution in [0.2, 0.25) is 0 Å². The third-order valence-electron chi connectivity index (χ3n) is 6.47. The fourth-order valence-corrected chi connectivity index (χ4v) is 4.58. The van der Waals surface area contributed by atoms with Crippen molar-refractivity contribution in [2.45, 2.75) is 6.92 Å². The molecule has 1 aliphatic rings. The number of nitrogen functional groups attached to an aromatic ring is 1. The van der Waals surface area contributed by atoms with E-state index in [1.807, 2.05) is 30.3 Å². The molecule has 0 amide bonds. The first-order valence-electron chi connectivity index (χ1n) is 11.8. The van der Waals surface area contributed by atoms with Gasteiger partial charge in [0.15, 0.2) is 5.49 Å². The van der Waals surface area contributed by atoms with Crippen LogP contribution >= 0.6 is 0 Å². The zero-order chi connectivity index (χ0) is 25.5. The molecule has 8 heteroatoms. The second-order valence-corrected chi connectivity index (χ2v) is 9.14. The Labute approximate surface area is 211 Å². The van der Waals surface area contributed by atoms with Gasteiger partial charge in [0.05, 0.1) is 11.9 Å². The maximum atomic E-state index is 14.7. The summed E-state index contributed by atoms with van der Waals surface area (Å²) in [5.74, 6) is -0.332. The topological polar surface area (TPSA) is 92.8 Å². The molecular formula is C29H22F2N6. The highest BCUT2D eigenvalue weighted by atomic mass is 19.1. The van der Waals surface area contributed by atoms with Crippen LogP contribution in [0.15, 0.2) is 78.2 Å². The van der Waals surface area contributed by atoms with Crippen LogP contribution < -0.4 is 16.4 Å². The molecule has 37 heavy (non-hydrogen) atoms. The number of nitrogens with zero attached hydrogens (tertiary/aromatic N) is 4. The highest BCUT2D eigenvalue weighted by Crippen LogP contribution is 2.30. The number of fused-ring (bicyclic) bond motifs is 1. The molecule has 0 fully saturated rings. The maximum Gasteiger partial charge on any atom is 0.155 e. The van der Waals surface area contributed by atoms with E-state index >= 15 is 0 Å². The molecule has 0 spiro atoms. The van der Waals surface area contributed by atoms with Crippen LogP contribution in [0, 0.1) is 17.6 Å². The molecule has 3 N–H and O–H groups in total. The van der Waals surface area contributed by atoms with Crippen molar-refractivity contribution in [3.8, 4) is 44.6 Å². The monoisotopic (exact) mass is 492 g/mol. The van der Waals surface area contributed by atoms with Crippen LogP contribution in [-0.2, 0) is 0 Å². The lowest BCUT2D eigenvalue weighted by Gasteiger charge is -2.14. The van der Waals surface area contributed by atoms with Gasteiger partial charge in [-0.3, -0.25) is 15.1 Å².